The second kappa shape index (κ2) is 9.24. The number of benzene rings is 2. The number of hydrogen-bond acceptors (Lipinski definition) is 4. The molecule has 0 bridgehead atoms. The predicted octanol–water partition coefficient (Wildman–Crippen LogP) is 3.85. The number of carbonyl (C=O) groups excluding carboxylic acids is 1. The number of likely N-dealkylation sites (tertiary alicyclic amines) is 1. The zero-order valence-electron chi connectivity index (χ0n) is 19.0. The molecule has 3 heterocycles. The van der Waals surface area contributed by atoms with Crippen molar-refractivity contribution in [1.82, 2.24) is 14.2 Å². The fourth-order valence-electron chi connectivity index (χ4n) is 5.29. The van der Waals surface area contributed by atoms with Crippen LogP contribution < -0.4 is 0 Å². The third-order valence-corrected chi connectivity index (χ3v) is 9.20. The van der Waals surface area contributed by atoms with E-state index in [1.807, 2.05) is 17.0 Å². The molecule has 2 saturated heterocycles. The molecule has 34 heavy (non-hydrogen) atoms. The molecule has 0 saturated carbocycles. The van der Waals surface area contributed by atoms with Gasteiger partial charge in [0.1, 0.15) is 0 Å². The third-order valence-electron chi connectivity index (χ3n) is 7.29. The maximum absolute atomic E-state index is 13.2. The number of rotatable bonds is 4. The van der Waals surface area contributed by atoms with Crippen molar-refractivity contribution < 1.29 is 13.2 Å². The highest BCUT2D eigenvalue weighted by molar-refractivity contribution is 7.89. The lowest BCUT2D eigenvalue weighted by Crippen LogP contribution is -2.46. The van der Waals surface area contributed by atoms with Crippen molar-refractivity contribution in [2.24, 2.45) is 5.92 Å². The Bertz CT molecular complexity index is 1320. The van der Waals surface area contributed by atoms with E-state index in [-0.39, 0.29) is 16.7 Å². The zero-order chi connectivity index (χ0) is 23.7. The Hall–Kier alpha value is -3.15. The summed E-state index contributed by atoms with van der Waals surface area (Å²) in [4.78, 5) is 18.7. The molecule has 0 unspecified atom stereocenters. The summed E-state index contributed by atoms with van der Waals surface area (Å²) >= 11 is 0. The molecule has 5 rings (SSSR count). The van der Waals surface area contributed by atoms with Crippen molar-refractivity contribution in [3.8, 4) is 6.07 Å². The molecule has 1 N–H and O–H groups in total. The Morgan fingerprint density at radius 3 is 2.29 bits per heavy atom. The first-order chi connectivity index (χ1) is 16.5. The highest BCUT2D eigenvalue weighted by atomic mass is 32.2. The quantitative estimate of drug-likeness (QED) is 0.619. The number of fused-ring (bicyclic) bond motifs is 1. The Labute approximate surface area is 200 Å². The van der Waals surface area contributed by atoms with Crippen molar-refractivity contribution in [1.29, 1.82) is 5.26 Å². The summed E-state index contributed by atoms with van der Waals surface area (Å²) in [6, 6.07) is 16.3. The van der Waals surface area contributed by atoms with Gasteiger partial charge < -0.3 is 9.88 Å². The monoisotopic (exact) mass is 476 g/mol. The van der Waals surface area contributed by atoms with E-state index in [1.165, 1.54) is 39.5 Å². The van der Waals surface area contributed by atoms with Crippen LogP contribution in [0.4, 0.5) is 0 Å². The smallest absolute Gasteiger partial charge is 0.243 e. The molecule has 2 aliphatic rings. The lowest BCUT2D eigenvalue weighted by atomic mass is 9.88. The lowest BCUT2D eigenvalue weighted by Gasteiger charge is -2.37. The fourth-order valence-corrected chi connectivity index (χ4v) is 6.76. The van der Waals surface area contributed by atoms with Gasteiger partial charge in [0, 0.05) is 49.2 Å². The van der Waals surface area contributed by atoms with Gasteiger partial charge in [-0.3, -0.25) is 4.79 Å². The number of para-hydroxylation sites is 1. The molecule has 0 atom stereocenters. The highest BCUT2D eigenvalue weighted by Crippen LogP contribution is 2.34. The number of aromatic nitrogens is 1. The second-order valence-corrected chi connectivity index (χ2v) is 11.1. The van der Waals surface area contributed by atoms with E-state index >= 15 is 0 Å². The SMILES string of the molecule is N#Cc1ccc(S(=O)(=O)N2CCC(C(=O)N3CCC(c4c[nH]c5ccccc45)CC3)CC2)cc1. The Morgan fingerprint density at radius 2 is 1.62 bits per heavy atom. The minimum atomic E-state index is -3.62. The van der Waals surface area contributed by atoms with Gasteiger partial charge >= 0.3 is 0 Å². The number of nitrogens with zero attached hydrogens (tertiary/aromatic N) is 3. The van der Waals surface area contributed by atoms with Gasteiger partial charge in [0.05, 0.1) is 16.5 Å². The summed E-state index contributed by atoms with van der Waals surface area (Å²) < 4.78 is 27.4. The van der Waals surface area contributed by atoms with Gasteiger partial charge in [0.15, 0.2) is 0 Å². The van der Waals surface area contributed by atoms with Gasteiger partial charge in [-0.1, -0.05) is 18.2 Å². The molecule has 0 radical (unpaired) electrons. The fraction of sp³-hybridized carbons (Fsp3) is 0.385. The van der Waals surface area contributed by atoms with Crippen LogP contribution in [-0.2, 0) is 14.8 Å². The Morgan fingerprint density at radius 1 is 0.941 bits per heavy atom. The molecular weight excluding hydrogens is 448 g/mol. The first-order valence-electron chi connectivity index (χ1n) is 11.8. The number of nitrogens with one attached hydrogen (secondary N) is 1. The van der Waals surface area contributed by atoms with Crippen LogP contribution in [0, 0.1) is 17.2 Å². The largest absolute Gasteiger partial charge is 0.361 e. The highest BCUT2D eigenvalue weighted by Gasteiger charge is 2.35. The number of nitriles is 1. The van der Waals surface area contributed by atoms with Crippen LogP contribution in [0.1, 0.15) is 42.7 Å². The van der Waals surface area contributed by atoms with Crippen molar-refractivity contribution in [3.63, 3.8) is 0 Å². The van der Waals surface area contributed by atoms with E-state index in [0.717, 1.165) is 31.4 Å². The molecule has 2 fully saturated rings. The molecular formula is C26H28N4O3S. The standard InChI is InChI=1S/C26H28N4O3S/c27-17-19-5-7-22(8-6-19)34(32,33)30-15-11-21(12-16-30)26(31)29-13-9-20(10-14-29)24-18-28-25-4-2-1-3-23(24)25/h1-8,18,20-21,28H,9-16H2. The number of carbonyl (C=O) groups is 1. The van der Waals surface area contributed by atoms with Gasteiger partial charge in [-0.25, -0.2) is 8.42 Å². The van der Waals surface area contributed by atoms with Gasteiger partial charge in [-0.2, -0.15) is 9.57 Å². The van der Waals surface area contributed by atoms with Crippen molar-refractivity contribution in [3.05, 3.63) is 65.9 Å². The van der Waals surface area contributed by atoms with E-state index in [2.05, 4.69) is 29.4 Å². The molecule has 2 aliphatic heterocycles. The van der Waals surface area contributed by atoms with Gasteiger partial charge in [0.2, 0.25) is 15.9 Å². The van der Waals surface area contributed by atoms with Gasteiger partial charge in [0.25, 0.3) is 0 Å². The van der Waals surface area contributed by atoms with Crippen molar-refractivity contribution in [2.75, 3.05) is 26.2 Å². The second-order valence-electron chi connectivity index (χ2n) is 9.20. The van der Waals surface area contributed by atoms with E-state index in [4.69, 9.17) is 5.26 Å². The predicted molar refractivity (Wildman–Crippen MR) is 129 cm³/mol. The average Bonchev–Trinajstić information content (AvgIpc) is 3.33. The molecule has 0 spiro atoms. The summed E-state index contributed by atoms with van der Waals surface area (Å²) in [5, 5.41) is 10.2. The third kappa shape index (κ3) is 4.22. The first kappa shape index (κ1) is 22.6. The first-order valence-corrected chi connectivity index (χ1v) is 13.3. The van der Waals surface area contributed by atoms with E-state index < -0.39 is 10.0 Å². The van der Waals surface area contributed by atoms with Crippen molar-refractivity contribution in [2.45, 2.75) is 36.5 Å². The maximum atomic E-state index is 13.2. The number of aromatic amines is 1. The van der Waals surface area contributed by atoms with Crippen LogP contribution in [-0.4, -0.2) is 54.7 Å². The normalized spacial score (nSPS) is 18.7. The molecule has 7 nitrogen and oxygen atoms in total. The van der Waals surface area contributed by atoms with Crippen LogP contribution in [0.15, 0.2) is 59.6 Å². The van der Waals surface area contributed by atoms with E-state index in [0.29, 0.717) is 37.4 Å². The van der Waals surface area contributed by atoms with Crippen LogP contribution in [0.3, 0.4) is 0 Å². The number of H-pyrrole nitrogens is 1. The molecule has 3 aromatic rings. The Kier molecular flexibility index (Phi) is 6.15. The van der Waals surface area contributed by atoms with Crippen LogP contribution in [0.5, 0.6) is 0 Å². The maximum Gasteiger partial charge on any atom is 0.243 e. The number of sulfonamides is 1. The van der Waals surface area contributed by atoms with Gasteiger partial charge in [-0.05, 0) is 67.5 Å². The number of amides is 1. The van der Waals surface area contributed by atoms with E-state index in [1.54, 1.807) is 0 Å². The number of hydrogen-bond donors (Lipinski definition) is 1. The number of piperidine rings is 2. The molecule has 1 aromatic heterocycles. The summed E-state index contributed by atoms with van der Waals surface area (Å²) in [5.41, 5.74) is 2.92. The van der Waals surface area contributed by atoms with Crippen molar-refractivity contribution >= 4 is 26.8 Å². The molecule has 1 amide bonds. The molecule has 2 aromatic carbocycles. The molecule has 8 heteroatoms. The van der Waals surface area contributed by atoms with Crippen LogP contribution in [0.25, 0.3) is 10.9 Å². The summed E-state index contributed by atoms with van der Waals surface area (Å²) in [5.74, 6) is 0.476. The summed E-state index contributed by atoms with van der Waals surface area (Å²) in [6.07, 6.45) is 5.07. The van der Waals surface area contributed by atoms with E-state index in [9.17, 15) is 13.2 Å². The topological polar surface area (TPSA) is 97.3 Å². The summed E-state index contributed by atoms with van der Waals surface area (Å²) in [7, 11) is -3.62. The molecule has 0 aliphatic carbocycles. The van der Waals surface area contributed by atoms with Gasteiger partial charge in [-0.15, -0.1) is 0 Å². The lowest BCUT2D eigenvalue weighted by molar-refractivity contribution is -0.137. The van der Waals surface area contributed by atoms with Crippen LogP contribution >= 0.6 is 0 Å². The minimum absolute atomic E-state index is 0.128. The Balaban J connectivity index is 1.17. The van der Waals surface area contributed by atoms with Crippen LogP contribution in [0.2, 0.25) is 0 Å². The molecule has 176 valence electrons. The zero-order valence-corrected chi connectivity index (χ0v) is 19.8. The average molecular weight is 477 g/mol. The minimum Gasteiger partial charge on any atom is -0.361 e. The summed E-state index contributed by atoms with van der Waals surface area (Å²) in [6.45, 7) is 2.16.